The molecule has 4 heteroatoms. The zero-order chi connectivity index (χ0) is 13.3. The van der Waals surface area contributed by atoms with Crippen LogP contribution >= 0.6 is 0 Å². The molecule has 4 atom stereocenters. The minimum absolute atomic E-state index is 0.266. The zero-order valence-corrected chi connectivity index (χ0v) is 11.9. The normalized spacial score (nSPS) is 42.4. The van der Waals surface area contributed by atoms with E-state index in [1.807, 2.05) is 0 Å². The summed E-state index contributed by atoms with van der Waals surface area (Å²) in [5, 5.41) is 13.0. The van der Waals surface area contributed by atoms with Gasteiger partial charge in [0.05, 0.1) is 18.3 Å². The molecule has 0 radical (unpaired) electrons. The van der Waals surface area contributed by atoms with Gasteiger partial charge in [-0.15, -0.1) is 0 Å². The van der Waals surface area contributed by atoms with E-state index in [-0.39, 0.29) is 5.54 Å². The number of likely N-dealkylation sites (tertiary alicyclic amines) is 1. The van der Waals surface area contributed by atoms with E-state index in [4.69, 9.17) is 4.74 Å². The second-order valence-electron chi connectivity index (χ2n) is 6.43. The van der Waals surface area contributed by atoms with Gasteiger partial charge >= 0.3 is 0 Å². The molecule has 0 aromatic rings. The summed E-state index contributed by atoms with van der Waals surface area (Å²) in [6, 6.07) is 3.13. The van der Waals surface area contributed by atoms with Gasteiger partial charge in [-0.3, -0.25) is 10.2 Å². The minimum atomic E-state index is -0.266. The Labute approximate surface area is 116 Å². The van der Waals surface area contributed by atoms with Gasteiger partial charge in [0.25, 0.3) is 0 Å². The number of rotatable bonds is 4. The van der Waals surface area contributed by atoms with Gasteiger partial charge in [-0.1, -0.05) is 6.92 Å². The van der Waals surface area contributed by atoms with Crippen molar-refractivity contribution >= 4 is 0 Å². The summed E-state index contributed by atoms with van der Waals surface area (Å²) in [6.07, 6.45) is 7.61. The van der Waals surface area contributed by atoms with Crippen LogP contribution in [0, 0.1) is 11.3 Å². The molecular weight excluding hydrogens is 238 g/mol. The van der Waals surface area contributed by atoms with Crippen LogP contribution in [0.2, 0.25) is 0 Å². The largest absolute Gasteiger partial charge is 0.372 e. The lowest BCUT2D eigenvalue weighted by Gasteiger charge is -2.37. The standard InChI is InChI=1S/C15H25N3O/c1-2-7-17-15(11-16)6-5-12(8-15)18-9-13-3-4-14(10-18)19-13/h12-14,17H,2-10H2,1H3. The van der Waals surface area contributed by atoms with Gasteiger partial charge in [-0.05, 0) is 45.1 Å². The molecule has 1 saturated carbocycles. The Kier molecular flexibility index (Phi) is 3.79. The maximum absolute atomic E-state index is 9.52. The highest BCUT2D eigenvalue weighted by molar-refractivity contribution is 5.13. The van der Waals surface area contributed by atoms with E-state index in [1.54, 1.807) is 0 Å². The maximum Gasteiger partial charge on any atom is 0.108 e. The summed E-state index contributed by atoms with van der Waals surface area (Å²) in [7, 11) is 0. The molecule has 3 rings (SSSR count). The first kappa shape index (κ1) is 13.4. The summed E-state index contributed by atoms with van der Waals surface area (Å²) in [5.41, 5.74) is -0.266. The van der Waals surface area contributed by atoms with Crippen LogP contribution in [0.15, 0.2) is 0 Å². The van der Waals surface area contributed by atoms with E-state index in [0.717, 1.165) is 45.3 Å². The third-order valence-electron chi connectivity index (χ3n) is 5.00. The van der Waals surface area contributed by atoms with Crippen LogP contribution in [0.5, 0.6) is 0 Å². The third kappa shape index (κ3) is 2.65. The maximum atomic E-state index is 9.52. The van der Waals surface area contributed by atoms with Gasteiger partial charge in [0.1, 0.15) is 5.54 Å². The van der Waals surface area contributed by atoms with Crippen molar-refractivity contribution in [1.82, 2.24) is 10.2 Å². The molecule has 0 aromatic carbocycles. The molecule has 0 spiro atoms. The molecule has 2 heterocycles. The van der Waals surface area contributed by atoms with Crippen molar-refractivity contribution in [3.8, 4) is 6.07 Å². The fraction of sp³-hybridized carbons (Fsp3) is 0.933. The Morgan fingerprint density at radius 3 is 2.68 bits per heavy atom. The highest BCUT2D eigenvalue weighted by Crippen LogP contribution is 2.36. The number of morpholine rings is 1. The van der Waals surface area contributed by atoms with Crippen LogP contribution in [0.3, 0.4) is 0 Å². The Bertz CT molecular complexity index is 355. The second kappa shape index (κ2) is 5.40. The minimum Gasteiger partial charge on any atom is -0.372 e. The first-order valence-electron chi connectivity index (χ1n) is 7.80. The molecule has 1 N–H and O–H groups in total. The summed E-state index contributed by atoms with van der Waals surface area (Å²) in [4.78, 5) is 2.60. The van der Waals surface area contributed by atoms with Crippen molar-refractivity contribution in [2.45, 2.75) is 69.2 Å². The Hall–Kier alpha value is -0.630. The van der Waals surface area contributed by atoms with Crippen molar-refractivity contribution in [1.29, 1.82) is 5.26 Å². The van der Waals surface area contributed by atoms with Gasteiger partial charge in [0.15, 0.2) is 0 Å². The molecule has 3 aliphatic rings. The molecule has 3 fully saturated rings. The van der Waals surface area contributed by atoms with Crippen molar-refractivity contribution in [3.05, 3.63) is 0 Å². The fourth-order valence-corrected chi connectivity index (χ4v) is 3.94. The van der Waals surface area contributed by atoms with Crippen LogP contribution in [-0.2, 0) is 4.74 Å². The van der Waals surface area contributed by atoms with Crippen LogP contribution in [0.1, 0.15) is 45.4 Å². The Morgan fingerprint density at radius 1 is 1.32 bits per heavy atom. The first-order valence-corrected chi connectivity index (χ1v) is 7.80. The SMILES string of the molecule is CCCNC1(C#N)CCC(N2CC3CCC(C2)O3)C1. The molecule has 2 aliphatic heterocycles. The quantitative estimate of drug-likeness (QED) is 0.838. The van der Waals surface area contributed by atoms with E-state index >= 15 is 0 Å². The summed E-state index contributed by atoms with van der Waals surface area (Å²) in [5.74, 6) is 0. The smallest absolute Gasteiger partial charge is 0.108 e. The number of fused-ring (bicyclic) bond motifs is 2. The topological polar surface area (TPSA) is 48.3 Å². The lowest BCUT2D eigenvalue weighted by molar-refractivity contribution is -0.0523. The van der Waals surface area contributed by atoms with Crippen molar-refractivity contribution in [3.63, 3.8) is 0 Å². The van der Waals surface area contributed by atoms with E-state index in [9.17, 15) is 5.26 Å². The number of hydrogen-bond donors (Lipinski definition) is 1. The summed E-state index contributed by atoms with van der Waals surface area (Å²) >= 11 is 0. The number of hydrogen-bond acceptors (Lipinski definition) is 4. The molecule has 106 valence electrons. The van der Waals surface area contributed by atoms with Crippen molar-refractivity contribution < 1.29 is 4.74 Å². The van der Waals surface area contributed by atoms with Crippen LogP contribution < -0.4 is 5.32 Å². The number of nitrogens with zero attached hydrogens (tertiary/aromatic N) is 2. The van der Waals surface area contributed by atoms with Crippen LogP contribution in [0.4, 0.5) is 0 Å². The molecule has 1 aliphatic carbocycles. The molecule has 4 unspecified atom stereocenters. The average molecular weight is 263 g/mol. The average Bonchev–Trinajstić information content (AvgIpc) is 3.01. The van der Waals surface area contributed by atoms with E-state index in [1.165, 1.54) is 12.8 Å². The van der Waals surface area contributed by atoms with Gasteiger partial charge in [-0.2, -0.15) is 5.26 Å². The molecule has 2 saturated heterocycles. The summed E-state index contributed by atoms with van der Waals surface area (Å²) < 4.78 is 5.91. The lowest BCUT2D eigenvalue weighted by Crippen LogP contribution is -2.49. The van der Waals surface area contributed by atoms with Gasteiger partial charge in [0, 0.05) is 19.1 Å². The number of nitrogens with one attached hydrogen (secondary N) is 1. The van der Waals surface area contributed by atoms with Gasteiger partial charge in [-0.25, -0.2) is 0 Å². The van der Waals surface area contributed by atoms with E-state index in [2.05, 4.69) is 23.2 Å². The monoisotopic (exact) mass is 263 g/mol. The number of nitriles is 1. The van der Waals surface area contributed by atoms with E-state index < -0.39 is 0 Å². The second-order valence-corrected chi connectivity index (χ2v) is 6.43. The van der Waals surface area contributed by atoms with Gasteiger partial charge < -0.3 is 4.74 Å². The molecule has 4 nitrogen and oxygen atoms in total. The third-order valence-corrected chi connectivity index (χ3v) is 5.00. The number of ether oxygens (including phenoxy) is 1. The molecule has 19 heavy (non-hydrogen) atoms. The van der Waals surface area contributed by atoms with E-state index in [0.29, 0.717) is 18.2 Å². The predicted molar refractivity (Wildman–Crippen MR) is 73.7 cm³/mol. The fourth-order valence-electron chi connectivity index (χ4n) is 3.94. The summed E-state index contributed by atoms with van der Waals surface area (Å²) in [6.45, 7) is 5.27. The van der Waals surface area contributed by atoms with Crippen molar-refractivity contribution in [2.75, 3.05) is 19.6 Å². The Balaban J connectivity index is 1.60. The zero-order valence-electron chi connectivity index (χ0n) is 11.9. The first-order chi connectivity index (χ1) is 9.24. The van der Waals surface area contributed by atoms with Crippen molar-refractivity contribution in [2.24, 2.45) is 0 Å². The predicted octanol–water partition coefficient (Wildman–Crippen LogP) is 1.66. The molecular formula is C15H25N3O. The highest BCUT2D eigenvalue weighted by Gasteiger charge is 2.44. The molecule has 2 bridgehead atoms. The highest BCUT2D eigenvalue weighted by atomic mass is 16.5. The molecule has 0 aromatic heterocycles. The van der Waals surface area contributed by atoms with Crippen LogP contribution in [0.25, 0.3) is 0 Å². The lowest BCUT2D eigenvalue weighted by atomic mass is 9.99. The van der Waals surface area contributed by atoms with Crippen LogP contribution in [-0.4, -0.2) is 48.3 Å². The van der Waals surface area contributed by atoms with Gasteiger partial charge in [0.2, 0.25) is 0 Å². The molecule has 0 amide bonds. The Morgan fingerprint density at radius 2 is 2.05 bits per heavy atom.